The maximum atomic E-state index is 10.6. The smallest absolute Gasteiger partial charge is 0.142 e. The molecule has 1 atom stereocenters. The van der Waals surface area contributed by atoms with Gasteiger partial charge in [-0.2, -0.15) is 0 Å². The van der Waals surface area contributed by atoms with E-state index in [4.69, 9.17) is 32.7 Å². The second-order valence-electron chi connectivity index (χ2n) is 4.27. The zero-order chi connectivity index (χ0) is 15.6. The summed E-state index contributed by atoms with van der Waals surface area (Å²) in [5.41, 5.74) is 1.08. The zero-order valence-electron chi connectivity index (χ0n) is 11.4. The Labute approximate surface area is 141 Å². The molecule has 0 heterocycles. The Morgan fingerprint density at radius 3 is 2.38 bits per heavy atom. The number of hydrogen-bond acceptors (Lipinski definition) is 3. The molecule has 6 heteroatoms. The molecule has 0 bridgehead atoms. The summed E-state index contributed by atoms with van der Waals surface area (Å²) in [5.74, 6) is 1.10. The largest absolute Gasteiger partial charge is 0.495 e. The van der Waals surface area contributed by atoms with E-state index in [0.29, 0.717) is 37.1 Å². The molecular formula is C15H13BrCl2O3. The predicted octanol–water partition coefficient (Wildman–Crippen LogP) is 4.85. The number of methoxy groups -OCH3 is 2. The van der Waals surface area contributed by atoms with Crippen LogP contribution in [0.1, 0.15) is 17.2 Å². The molecule has 21 heavy (non-hydrogen) atoms. The number of hydrogen-bond donors (Lipinski definition) is 1. The lowest BCUT2D eigenvalue weighted by atomic mass is 10.0. The number of halogens is 3. The summed E-state index contributed by atoms with van der Waals surface area (Å²) < 4.78 is 11.2. The average Bonchev–Trinajstić information content (AvgIpc) is 2.48. The van der Waals surface area contributed by atoms with Crippen molar-refractivity contribution in [1.82, 2.24) is 0 Å². The monoisotopic (exact) mass is 390 g/mol. The van der Waals surface area contributed by atoms with Crippen LogP contribution in [0.5, 0.6) is 11.5 Å². The van der Waals surface area contributed by atoms with E-state index in [2.05, 4.69) is 15.9 Å². The average molecular weight is 392 g/mol. The zero-order valence-corrected chi connectivity index (χ0v) is 14.5. The van der Waals surface area contributed by atoms with Crippen LogP contribution in [0.3, 0.4) is 0 Å². The number of aliphatic hydroxyl groups is 1. The van der Waals surface area contributed by atoms with E-state index in [1.54, 1.807) is 37.4 Å². The van der Waals surface area contributed by atoms with E-state index >= 15 is 0 Å². The van der Waals surface area contributed by atoms with Gasteiger partial charge in [0.2, 0.25) is 0 Å². The molecule has 0 amide bonds. The third-order valence-electron chi connectivity index (χ3n) is 3.06. The summed E-state index contributed by atoms with van der Waals surface area (Å²) in [7, 11) is 3.08. The maximum Gasteiger partial charge on any atom is 0.142 e. The SMILES string of the molecule is COc1ccc(C(O)c2cc(Cl)ccc2Cl)c(OC)c1Br. The Morgan fingerprint density at radius 2 is 1.76 bits per heavy atom. The highest BCUT2D eigenvalue weighted by Crippen LogP contribution is 2.42. The van der Waals surface area contributed by atoms with Gasteiger partial charge >= 0.3 is 0 Å². The van der Waals surface area contributed by atoms with Crippen molar-refractivity contribution in [3.05, 3.63) is 56.0 Å². The van der Waals surface area contributed by atoms with Gasteiger partial charge in [-0.1, -0.05) is 23.2 Å². The minimum atomic E-state index is -0.964. The summed E-state index contributed by atoms with van der Waals surface area (Å²) in [4.78, 5) is 0. The first kappa shape index (κ1) is 16.4. The molecule has 0 saturated heterocycles. The maximum absolute atomic E-state index is 10.6. The summed E-state index contributed by atoms with van der Waals surface area (Å²) in [5, 5.41) is 11.5. The Hall–Kier alpha value is -0.940. The minimum Gasteiger partial charge on any atom is -0.495 e. The fraction of sp³-hybridized carbons (Fsp3) is 0.200. The highest BCUT2D eigenvalue weighted by atomic mass is 79.9. The Bertz CT molecular complexity index is 662. The molecule has 0 saturated carbocycles. The third-order valence-corrected chi connectivity index (χ3v) is 4.39. The highest BCUT2D eigenvalue weighted by molar-refractivity contribution is 9.10. The van der Waals surface area contributed by atoms with Gasteiger partial charge < -0.3 is 14.6 Å². The van der Waals surface area contributed by atoms with E-state index < -0.39 is 6.10 Å². The number of rotatable bonds is 4. The van der Waals surface area contributed by atoms with Gasteiger partial charge in [0.25, 0.3) is 0 Å². The normalized spacial score (nSPS) is 12.1. The van der Waals surface area contributed by atoms with Crippen LogP contribution in [-0.2, 0) is 0 Å². The van der Waals surface area contributed by atoms with Gasteiger partial charge in [-0.15, -0.1) is 0 Å². The quantitative estimate of drug-likeness (QED) is 0.809. The molecule has 2 aromatic carbocycles. The van der Waals surface area contributed by atoms with Gasteiger partial charge in [0, 0.05) is 21.2 Å². The standard InChI is InChI=1S/C15H13BrCl2O3/c1-20-12-6-4-9(15(21-2)13(12)16)14(19)10-7-8(17)3-5-11(10)18/h3-7,14,19H,1-2H3. The lowest BCUT2D eigenvalue weighted by Gasteiger charge is -2.19. The molecule has 1 N–H and O–H groups in total. The lowest BCUT2D eigenvalue weighted by molar-refractivity contribution is 0.214. The van der Waals surface area contributed by atoms with Gasteiger partial charge in [-0.05, 0) is 46.3 Å². The van der Waals surface area contributed by atoms with Crippen LogP contribution in [-0.4, -0.2) is 19.3 Å². The fourth-order valence-electron chi connectivity index (χ4n) is 2.03. The molecule has 0 aromatic heterocycles. The Morgan fingerprint density at radius 1 is 1.05 bits per heavy atom. The van der Waals surface area contributed by atoms with Crippen molar-refractivity contribution in [1.29, 1.82) is 0 Å². The fourth-order valence-corrected chi connectivity index (χ4v) is 3.11. The van der Waals surface area contributed by atoms with Gasteiger partial charge in [0.05, 0.1) is 14.2 Å². The molecule has 0 radical (unpaired) electrons. The van der Waals surface area contributed by atoms with Crippen LogP contribution in [0.15, 0.2) is 34.8 Å². The topological polar surface area (TPSA) is 38.7 Å². The van der Waals surface area contributed by atoms with E-state index in [-0.39, 0.29) is 0 Å². The van der Waals surface area contributed by atoms with Crippen molar-refractivity contribution < 1.29 is 14.6 Å². The molecule has 0 fully saturated rings. The molecule has 2 rings (SSSR count). The highest BCUT2D eigenvalue weighted by Gasteiger charge is 2.22. The lowest BCUT2D eigenvalue weighted by Crippen LogP contribution is -2.04. The molecule has 0 aliphatic rings. The first-order valence-corrected chi connectivity index (χ1v) is 7.57. The van der Waals surface area contributed by atoms with E-state index in [1.165, 1.54) is 7.11 Å². The minimum absolute atomic E-state index is 0.431. The molecule has 0 aliphatic carbocycles. The summed E-state index contributed by atoms with van der Waals surface area (Å²) in [6.45, 7) is 0. The van der Waals surface area contributed by atoms with Gasteiger partial charge in [-0.25, -0.2) is 0 Å². The third kappa shape index (κ3) is 3.29. The van der Waals surface area contributed by atoms with Crippen LogP contribution in [0, 0.1) is 0 Å². The Balaban J connectivity index is 2.55. The van der Waals surface area contributed by atoms with Crippen LogP contribution in [0.4, 0.5) is 0 Å². The summed E-state index contributed by atoms with van der Waals surface area (Å²) >= 11 is 15.5. The van der Waals surface area contributed by atoms with Crippen LogP contribution in [0.25, 0.3) is 0 Å². The number of aliphatic hydroxyl groups excluding tert-OH is 1. The van der Waals surface area contributed by atoms with Gasteiger partial charge in [0.1, 0.15) is 22.1 Å². The van der Waals surface area contributed by atoms with Crippen LogP contribution < -0.4 is 9.47 Å². The van der Waals surface area contributed by atoms with Crippen LogP contribution in [0.2, 0.25) is 10.0 Å². The first-order valence-electron chi connectivity index (χ1n) is 6.03. The second kappa shape index (κ2) is 6.88. The van der Waals surface area contributed by atoms with Crippen molar-refractivity contribution >= 4 is 39.1 Å². The van der Waals surface area contributed by atoms with E-state index in [9.17, 15) is 5.11 Å². The van der Waals surface area contributed by atoms with Crippen molar-refractivity contribution in [2.24, 2.45) is 0 Å². The van der Waals surface area contributed by atoms with E-state index in [1.807, 2.05) is 0 Å². The van der Waals surface area contributed by atoms with Crippen molar-refractivity contribution in [2.45, 2.75) is 6.10 Å². The first-order chi connectivity index (χ1) is 9.99. The molecule has 0 aliphatic heterocycles. The number of ether oxygens (including phenoxy) is 2. The molecule has 2 aromatic rings. The molecule has 0 spiro atoms. The molecular weight excluding hydrogens is 379 g/mol. The van der Waals surface area contributed by atoms with Crippen LogP contribution >= 0.6 is 39.1 Å². The predicted molar refractivity (Wildman–Crippen MR) is 87.8 cm³/mol. The molecule has 112 valence electrons. The Kier molecular flexibility index (Phi) is 5.38. The second-order valence-corrected chi connectivity index (χ2v) is 5.91. The van der Waals surface area contributed by atoms with E-state index in [0.717, 1.165) is 0 Å². The van der Waals surface area contributed by atoms with Crippen molar-refractivity contribution in [3.8, 4) is 11.5 Å². The van der Waals surface area contributed by atoms with Gasteiger partial charge in [0.15, 0.2) is 0 Å². The number of benzene rings is 2. The molecule has 1 unspecified atom stereocenters. The van der Waals surface area contributed by atoms with Gasteiger partial charge in [-0.3, -0.25) is 0 Å². The van der Waals surface area contributed by atoms with Crippen molar-refractivity contribution in [2.75, 3.05) is 14.2 Å². The summed E-state index contributed by atoms with van der Waals surface area (Å²) in [6.07, 6.45) is -0.964. The molecule has 3 nitrogen and oxygen atoms in total. The van der Waals surface area contributed by atoms with Crippen molar-refractivity contribution in [3.63, 3.8) is 0 Å². The summed E-state index contributed by atoms with van der Waals surface area (Å²) in [6, 6.07) is 8.41.